The SMILES string of the molecule is O=C(c1cc(-c2cccnc2)nc2ccccc12)N1CCC(CCN2CCOCC2)CC1. The second-order valence-electron chi connectivity index (χ2n) is 8.79. The Kier molecular flexibility index (Phi) is 6.41. The number of benzene rings is 1. The van der Waals surface area contributed by atoms with E-state index in [1.165, 1.54) is 6.42 Å². The van der Waals surface area contributed by atoms with Gasteiger partial charge in [0.15, 0.2) is 0 Å². The fourth-order valence-electron chi connectivity index (χ4n) is 4.80. The lowest BCUT2D eigenvalue weighted by molar-refractivity contribution is 0.0332. The predicted octanol–water partition coefficient (Wildman–Crippen LogP) is 3.87. The Morgan fingerprint density at radius 3 is 2.62 bits per heavy atom. The van der Waals surface area contributed by atoms with E-state index in [1.54, 1.807) is 12.4 Å². The molecule has 1 aromatic carbocycles. The molecular weight excluding hydrogens is 400 g/mol. The molecule has 2 aliphatic heterocycles. The van der Waals surface area contributed by atoms with E-state index < -0.39 is 0 Å². The zero-order chi connectivity index (χ0) is 21.8. The molecule has 0 unspecified atom stereocenters. The van der Waals surface area contributed by atoms with Crippen molar-refractivity contribution in [1.82, 2.24) is 19.8 Å². The third-order valence-electron chi connectivity index (χ3n) is 6.76. The number of carbonyl (C=O) groups is 1. The van der Waals surface area contributed by atoms with E-state index in [-0.39, 0.29) is 5.91 Å². The van der Waals surface area contributed by atoms with Gasteiger partial charge in [0, 0.05) is 49.5 Å². The molecule has 5 rings (SSSR count). The number of para-hydroxylation sites is 1. The number of rotatable bonds is 5. The number of piperidine rings is 1. The van der Waals surface area contributed by atoms with Crippen molar-refractivity contribution in [3.63, 3.8) is 0 Å². The molecule has 0 atom stereocenters. The molecule has 2 saturated heterocycles. The van der Waals surface area contributed by atoms with Crippen molar-refractivity contribution in [2.45, 2.75) is 19.3 Å². The Bertz CT molecular complexity index is 1060. The number of hydrogen-bond acceptors (Lipinski definition) is 5. The molecule has 0 N–H and O–H groups in total. The molecule has 0 bridgehead atoms. The number of nitrogens with zero attached hydrogens (tertiary/aromatic N) is 4. The average molecular weight is 431 g/mol. The number of ether oxygens (including phenoxy) is 1. The van der Waals surface area contributed by atoms with Crippen LogP contribution in [0.25, 0.3) is 22.2 Å². The van der Waals surface area contributed by atoms with Crippen molar-refractivity contribution in [3.8, 4) is 11.3 Å². The van der Waals surface area contributed by atoms with Gasteiger partial charge in [-0.25, -0.2) is 4.98 Å². The fourth-order valence-corrected chi connectivity index (χ4v) is 4.80. The summed E-state index contributed by atoms with van der Waals surface area (Å²) in [6.07, 6.45) is 6.92. The van der Waals surface area contributed by atoms with Gasteiger partial charge in [0.2, 0.25) is 0 Å². The molecule has 1 amide bonds. The van der Waals surface area contributed by atoms with Crippen molar-refractivity contribution in [1.29, 1.82) is 0 Å². The smallest absolute Gasteiger partial charge is 0.254 e. The van der Waals surface area contributed by atoms with Crippen molar-refractivity contribution in [2.75, 3.05) is 45.9 Å². The maximum absolute atomic E-state index is 13.6. The van der Waals surface area contributed by atoms with E-state index in [2.05, 4.69) is 9.88 Å². The lowest BCUT2D eigenvalue weighted by Crippen LogP contribution is -2.41. The lowest BCUT2D eigenvalue weighted by Gasteiger charge is -2.34. The second-order valence-corrected chi connectivity index (χ2v) is 8.79. The third kappa shape index (κ3) is 4.66. The van der Waals surface area contributed by atoms with Gasteiger partial charge in [0.05, 0.1) is 30.0 Å². The largest absolute Gasteiger partial charge is 0.379 e. The quantitative estimate of drug-likeness (QED) is 0.615. The fraction of sp³-hybridized carbons (Fsp3) is 0.423. The lowest BCUT2D eigenvalue weighted by atomic mass is 9.92. The van der Waals surface area contributed by atoms with E-state index in [0.29, 0.717) is 5.92 Å². The number of fused-ring (bicyclic) bond motifs is 1. The molecular formula is C26H30N4O2. The molecule has 32 heavy (non-hydrogen) atoms. The van der Waals surface area contributed by atoms with Gasteiger partial charge in [-0.2, -0.15) is 0 Å². The summed E-state index contributed by atoms with van der Waals surface area (Å²) < 4.78 is 5.45. The van der Waals surface area contributed by atoms with Crippen LogP contribution in [-0.2, 0) is 4.74 Å². The van der Waals surface area contributed by atoms with Gasteiger partial charge in [-0.3, -0.25) is 14.7 Å². The first-order valence-corrected chi connectivity index (χ1v) is 11.7. The van der Waals surface area contributed by atoms with Crippen LogP contribution in [0.1, 0.15) is 29.6 Å². The number of carbonyl (C=O) groups excluding carboxylic acids is 1. The number of pyridine rings is 2. The molecule has 6 nitrogen and oxygen atoms in total. The summed E-state index contributed by atoms with van der Waals surface area (Å²) in [4.78, 5) is 27.1. The zero-order valence-corrected chi connectivity index (χ0v) is 18.4. The van der Waals surface area contributed by atoms with Crippen molar-refractivity contribution in [3.05, 3.63) is 60.4 Å². The van der Waals surface area contributed by atoms with Crippen LogP contribution in [0, 0.1) is 5.92 Å². The molecule has 3 aromatic rings. The van der Waals surface area contributed by atoms with Crippen LogP contribution in [0.2, 0.25) is 0 Å². The van der Waals surface area contributed by atoms with Gasteiger partial charge < -0.3 is 9.64 Å². The Balaban J connectivity index is 1.29. The molecule has 2 aromatic heterocycles. The number of likely N-dealkylation sites (tertiary alicyclic amines) is 1. The summed E-state index contributed by atoms with van der Waals surface area (Å²) in [6.45, 7) is 6.60. The van der Waals surface area contributed by atoms with Gasteiger partial charge >= 0.3 is 0 Å². The molecule has 166 valence electrons. The van der Waals surface area contributed by atoms with E-state index >= 15 is 0 Å². The van der Waals surface area contributed by atoms with Crippen LogP contribution >= 0.6 is 0 Å². The normalized spacial score (nSPS) is 18.2. The topological polar surface area (TPSA) is 58.6 Å². The summed E-state index contributed by atoms with van der Waals surface area (Å²) in [5, 5.41) is 0.916. The van der Waals surface area contributed by atoms with Gasteiger partial charge in [0.1, 0.15) is 0 Å². The molecule has 0 saturated carbocycles. The molecule has 2 fully saturated rings. The van der Waals surface area contributed by atoms with Crippen molar-refractivity contribution >= 4 is 16.8 Å². The third-order valence-corrected chi connectivity index (χ3v) is 6.76. The molecule has 6 heteroatoms. The van der Waals surface area contributed by atoms with Crippen molar-refractivity contribution < 1.29 is 9.53 Å². The van der Waals surface area contributed by atoms with E-state index in [4.69, 9.17) is 9.72 Å². The summed E-state index contributed by atoms with van der Waals surface area (Å²) in [5.74, 6) is 0.808. The standard InChI is InChI=1S/C26H30N4O2/c31-26(30-12-8-20(9-13-30)7-11-29-14-16-32-17-15-29)23-18-25(21-4-3-10-27-19-21)28-24-6-2-1-5-22(23)24/h1-6,10,18-20H,7-9,11-17H2. The van der Waals surface area contributed by atoms with Crippen LogP contribution < -0.4 is 0 Å². The van der Waals surface area contributed by atoms with Crippen LogP contribution in [-0.4, -0.2) is 71.6 Å². The molecule has 0 aliphatic carbocycles. The summed E-state index contributed by atoms with van der Waals surface area (Å²) in [7, 11) is 0. The highest BCUT2D eigenvalue weighted by molar-refractivity contribution is 6.07. The summed E-state index contributed by atoms with van der Waals surface area (Å²) in [6, 6.07) is 13.7. The number of amides is 1. The minimum absolute atomic E-state index is 0.111. The van der Waals surface area contributed by atoms with Crippen molar-refractivity contribution in [2.24, 2.45) is 5.92 Å². The number of hydrogen-bond donors (Lipinski definition) is 0. The Morgan fingerprint density at radius 1 is 1.03 bits per heavy atom. The van der Waals surface area contributed by atoms with Gasteiger partial charge in [0.25, 0.3) is 5.91 Å². The first kappa shape index (κ1) is 21.0. The minimum Gasteiger partial charge on any atom is -0.379 e. The zero-order valence-electron chi connectivity index (χ0n) is 18.4. The second kappa shape index (κ2) is 9.76. The highest BCUT2D eigenvalue weighted by atomic mass is 16.5. The monoisotopic (exact) mass is 430 g/mol. The highest BCUT2D eigenvalue weighted by Crippen LogP contribution is 2.28. The predicted molar refractivity (Wildman–Crippen MR) is 125 cm³/mol. The van der Waals surface area contributed by atoms with Crippen LogP contribution in [0.3, 0.4) is 0 Å². The van der Waals surface area contributed by atoms with Crippen LogP contribution in [0.5, 0.6) is 0 Å². The maximum atomic E-state index is 13.6. The average Bonchev–Trinajstić information content (AvgIpc) is 2.88. The minimum atomic E-state index is 0.111. The maximum Gasteiger partial charge on any atom is 0.254 e. The Labute approximate surface area is 189 Å². The molecule has 4 heterocycles. The van der Waals surface area contributed by atoms with E-state index in [1.807, 2.05) is 47.4 Å². The van der Waals surface area contributed by atoms with Gasteiger partial charge in [-0.1, -0.05) is 18.2 Å². The summed E-state index contributed by atoms with van der Waals surface area (Å²) in [5.41, 5.74) is 3.30. The van der Waals surface area contributed by atoms with Crippen LogP contribution in [0.4, 0.5) is 0 Å². The Hall–Kier alpha value is -2.83. The molecule has 0 radical (unpaired) electrons. The van der Waals surface area contributed by atoms with Gasteiger partial charge in [-0.15, -0.1) is 0 Å². The number of aromatic nitrogens is 2. The molecule has 2 aliphatic rings. The first-order valence-electron chi connectivity index (χ1n) is 11.7. The summed E-state index contributed by atoms with van der Waals surface area (Å²) >= 11 is 0. The Morgan fingerprint density at radius 2 is 1.84 bits per heavy atom. The van der Waals surface area contributed by atoms with Crippen LogP contribution in [0.15, 0.2) is 54.9 Å². The van der Waals surface area contributed by atoms with E-state index in [9.17, 15) is 4.79 Å². The highest BCUT2D eigenvalue weighted by Gasteiger charge is 2.26. The molecule has 0 spiro atoms. The van der Waals surface area contributed by atoms with Gasteiger partial charge in [-0.05, 0) is 56.0 Å². The first-order chi connectivity index (χ1) is 15.8. The van der Waals surface area contributed by atoms with E-state index in [0.717, 1.165) is 86.5 Å². The number of morpholine rings is 1.